The first kappa shape index (κ1) is 13.6. The highest BCUT2D eigenvalue weighted by Gasteiger charge is 2.22. The monoisotopic (exact) mass is 242 g/mol. The molecule has 0 fully saturated rings. The summed E-state index contributed by atoms with van der Waals surface area (Å²) in [5.74, 6) is 0.856. The fourth-order valence-corrected chi connectivity index (χ4v) is 3.11. The van der Waals surface area contributed by atoms with Crippen molar-refractivity contribution in [3.05, 3.63) is 15.6 Å². The molecule has 0 spiro atoms. The summed E-state index contributed by atoms with van der Waals surface area (Å²) < 4.78 is 5.50. The summed E-state index contributed by atoms with van der Waals surface area (Å²) in [5, 5.41) is 1.06. The van der Waals surface area contributed by atoms with Gasteiger partial charge in [-0.15, -0.1) is 11.3 Å². The Morgan fingerprint density at radius 3 is 2.25 bits per heavy atom. The molecule has 1 atom stereocenters. The van der Waals surface area contributed by atoms with Gasteiger partial charge in [0, 0.05) is 18.5 Å². The molecular formula is C12H22N2OS. The van der Waals surface area contributed by atoms with Gasteiger partial charge in [-0.1, -0.05) is 27.7 Å². The molecule has 3 nitrogen and oxygen atoms in total. The van der Waals surface area contributed by atoms with Crippen LogP contribution in [0.4, 0.5) is 0 Å². The maximum atomic E-state index is 5.75. The van der Waals surface area contributed by atoms with E-state index in [1.54, 1.807) is 18.4 Å². The summed E-state index contributed by atoms with van der Waals surface area (Å²) in [6, 6.07) is 0. The van der Waals surface area contributed by atoms with Crippen LogP contribution >= 0.6 is 11.3 Å². The third-order valence-corrected chi connectivity index (χ3v) is 3.73. The third kappa shape index (κ3) is 2.81. The second-order valence-corrected chi connectivity index (χ2v) is 5.73. The molecule has 92 valence electrons. The third-order valence-electron chi connectivity index (χ3n) is 2.58. The summed E-state index contributed by atoms with van der Waals surface area (Å²) in [6.07, 6.45) is 0.0859. The first-order chi connectivity index (χ1) is 7.51. The fourth-order valence-electron chi connectivity index (χ4n) is 1.76. The maximum Gasteiger partial charge on any atom is 0.122 e. The molecule has 4 heteroatoms. The Morgan fingerprint density at radius 2 is 1.94 bits per heavy atom. The molecule has 0 radical (unpaired) electrons. The van der Waals surface area contributed by atoms with Crippen LogP contribution in [-0.2, 0) is 11.3 Å². The number of methoxy groups -OCH3 is 1. The van der Waals surface area contributed by atoms with Crippen molar-refractivity contribution in [2.75, 3.05) is 7.11 Å². The zero-order valence-corrected chi connectivity index (χ0v) is 11.6. The van der Waals surface area contributed by atoms with Gasteiger partial charge in [0.05, 0.1) is 5.69 Å². The van der Waals surface area contributed by atoms with Crippen LogP contribution in [0.1, 0.15) is 55.3 Å². The largest absolute Gasteiger partial charge is 0.374 e. The Labute approximate surface area is 102 Å². The number of aromatic nitrogens is 1. The Morgan fingerprint density at radius 1 is 1.31 bits per heavy atom. The van der Waals surface area contributed by atoms with E-state index < -0.39 is 0 Å². The lowest BCUT2D eigenvalue weighted by Gasteiger charge is -2.16. The van der Waals surface area contributed by atoms with Crippen LogP contribution in [0.2, 0.25) is 0 Å². The summed E-state index contributed by atoms with van der Waals surface area (Å²) in [6.45, 7) is 9.16. The van der Waals surface area contributed by atoms with Crippen LogP contribution in [-0.4, -0.2) is 12.1 Å². The molecule has 0 bridgehead atoms. The molecule has 2 N–H and O–H groups in total. The van der Waals surface area contributed by atoms with Crippen LogP contribution in [0, 0.1) is 5.92 Å². The number of hydrogen-bond donors (Lipinski definition) is 1. The molecule has 0 aliphatic heterocycles. The fraction of sp³-hybridized carbons (Fsp3) is 0.750. The van der Waals surface area contributed by atoms with Gasteiger partial charge in [-0.25, -0.2) is 4.98 Å². The van der Waals surface area contributed by atoms with Gasteiger partial charge in [-0.2, -0.15) is 0 Å². The minimum Gasteiger partial charge on any atom is -0.374 e. The lowest BCUT2D eigenvalue weighted by atomic mass is 10.1. The molecule has 1 aromatic rings. The lowest BCUT2D eigenvalue weighted by Crippen LogP contribution is -2.08. The van der Waals surface area contributed by atoms with E-state index in [2.05, 4.69) is 32.7 Å². The van der Waals surface area contributed by atoms with Crippen molar-refractivity contribution in [3.63, 3.8) is 0 Å². The Hall–Kier alpha value is -0.450. The summed E-state index contributed by atoms with van der Waals surface area (Å²) in [4.78, 5) is 5.87. The Bertz CT molecular complexity index is 334. The van der Waals surface area contributed by atoms with E-state index in [1.165, 1.54) is 4.88 Å². The molecule has 0 aromatic carbocycles. The van der Waals surface area contributed by atoms with Gasteiger partial charge >= 0.3 is 0 Å². The number of ether oxygens (including phenoxy) is 1. The van der Waals surface area contributed by atoms with Crippen molar-refractivity contribution < 1.29 is 4.74 Å². The van der Waals surface area contributed by atoms with E-state index in [1.807, 2.05) is 0 Å². The number of nitrogens with zero attached hydrogens (tertiary/aromatic N) is 1. The molecular weight excluding hydrogens is 220 g/mol. The van der Waals surface area contributed by atoms with Crippen LogP contribution in [0.3, 0.4) is 0 Å². The predicted molar refractivity (Wildman–Crippen MR) is 68.7 cm³/mol. The number of nitrogens with two attached hydrogens (primary N) is 1. The van der Waals surface area contributed by atoms with Crippen LogP contribution in [0.25, 0.3) is 0 Å². The average molecular weight is 242 g/mol. The SMILES string of the molecule is COC(c1nc(C(C)C)c(CN)s1)C(C)C. The molecule has 16 heavy (non-hydrogen) atoms. The van der Waals surface area contributed by atoms with Gasteiger partial charge in [0.2, 0.25) is 0 Å². The molecule has 0 aliphatic rings. The minimum atomic E-state index is 0.0859. The quantitative estimate of drug-likeness (QED) is 0.863. The Balaban J connectivity index is 3.06. The number of thiazole rings is 1. The van der Waals surface area contributed by atoms with Crippen LogP contribution in [0.5, 0.6) is 0 Å². The molecule has 1 unspecified atom stereocenters. The van der Waals surface area contributed by atoms with Crippen LogP contribution < -0.4 is 5.73 Å². The molecule has 1 heterocycles. The van der Waals surface area contributed by atoms with Crippen molar-refractivity contribution in [1.82, 2.24) is 4.98 Å². The van der Waals surface area contributed by atoms with Crippen molar-refractivity contribution in [2.45, 2.75) is 46.3 Å². The van der Waals surface area contributed by atoms with Crippen molar-refractivity contribution in [1.29, 1.82) is 0 Å². The van der Waals surface area contributed by atoms with Crippen molar-refractivity contribution in [3.8, 4) is 0 Å². The standard InChI is InChI=1S/C12H22N2OS/c1-7(2)10-9(6-13)16-12(14-10)11(15-5)8(3)4/h7-8,11H,6,13H2,1-5H3. The van der Waals surface area contributed by atoms with Gasteiger partial charge < -0.3 is 10.5 Å². The van der Waals surface area contributed by atoms with E-state index in [9.17, 15) is 0 Å². The zero-order chi connectivity index (χ0) is 12.3. The average Bonchev–Trinajstić information content (AvgIpc) is 2.62. The van der Waals surface area contributed by atoms with E-state index in [-0.39, 0.29) is 6.10 Å². The first-order valence-corrected chi connectivity index (χ1v) is 6.55. The maximum absolute atomic E-state index is 5.75. The highest BCUT2D eigenvalue weighted by molar-refractivity contribution is 7.11. The Kier molecular flexibility index (Phi) is 4.89. The number of hydrogen-bond acceptors (Lipinski definition) is 4. The number of rotatable bonds is 5. The van der Waals surface area contributed by atoms with Gasteiger partial charge in [0.15, 0.2) is 0 Å². The summed E-state index contributed by atoms with van der Waals surface area (Å²) >= 11 is 1.69. The highest BCUT2D eigenvalue weighted by Crippen LogP contribution is 2.33. The van der Waals surface area contributed by atoms with E-state index in [0.717, 1.165) is 10.7 Å². The normalized spacial score (nSPS) is 13.8. The van der Waals surface area contributed by atoms with E-state index >= 15 is 0 Å². The molecule has 1 rings (SSSR count). The van der Waals surface area contributed by atoms with Crippen molar-refractivity contribution >= 4 is 11.3 Å². The molecule has 1 aromatic heterocycles. The van der Waals surface area contributed by atoms with Gasteiger partial charge in [-0.05, 0) is 11.8 Å². The van der Waals surface area contributed by atoms with E-state index in [0.29, 0.717) is 18.4 Å². The molecule has 0 amide bonds. The summed E-state index contributed by atoms with van der Waals surface area (Å²) in [7, 11) is 1.74. The molecule has 0 saturated carbocycles. The predicted octanol–water partition coefficient (Wildman–Crippen LogP) is 3.07. The molecule has 0 saturated heterocycles. The first-order valence-electron chi connectivity index (χ1n) is 5.73. The summed E-state index contributed by atoms with van der Waals surface area (Å²) in [5.41, 5.74) is 6.88. The van der Waals surface area contributed by atoms with Crippen LogP contribution in [0.15, 0.2) is 0 Å². The smallest absolute Gasteiger partial charge is 0.122 e. The molecule has 0 aliphatic carbocycles. The van der Waals surface area contributed by atoms with Crippen molar-refractivity contribution in [2.24, 2.45) is 11.7 Å². The van der Waals surface area contributed by atoms with Gasteiger partial charge in [0.1, 0.15) is 11.1 Å². The second-order valence-electron chi connectivity index (χ2n) is 4.62. The minimum absolute atomic E-state index is 0.0859. The van der Waals surface area contributed by atoms with Gasteiger partial charge in [0.25, 0.3) is 0 Å². The second kappa shape index (κ2) is 5.75. The zero-order valence-electron chi connectivity index (χ0n) is 10.8. The lowest BCUT2D eigenvalue weighted by molar-refractivity contribution is 0.0643. The van der Waals surface area contributed by atoms with Gasteiger partial charge in [-0.3, -0.25) is 0 Å². The topological polar surface area (TPSA) is 48.1 Å². The van der Waals surface area contributed by atoms with E-state index in [4.69, 9.17) is 10.5 Å². The highest BCUT2D eigenvalue weighted by atomic mass is 32.1.